The highest BCUT2D eigenvalue weighted by Crippen LogP contribution is 2.31. The van der Waals surface area contributed by atoms with Gasteiger partial charge in [-0.15, -0.1) is 13.2 Å². The van der Waals surface area contributed by atoms with Crippen LogP contribution in [0.15, 0.2) is 11.0 Å². The molecule has 1 heterocycles. The average molecular weight is 257 g/mol. The topological polar surface area (TPSA) is 59.2 Å². The third-order valence-corrected chi connectivity index (χ3v) is 1.68. The molecule has 0 unspecified atom stereocenters. The van der Waals surface area contributed by atoms with Crippen molar-refractivity contribution in [1.82, 2.24) is 4.98 Å². The zero-order valence-corrected chi connectivity index (χ0v) is 7.85. The standard InChI is InChI=1S/C8H4F5NO3/c9-6(10)4-3(2-15)1-14-7(16)5(4)17-8(11,12)13/h1-2,6H,(H,14,16). The van der Waals surface area contributed by atoms with Crippen molar-refractivity contribution in [2.24, 2.45) is 0 Å². The van der Waals surface area contributed by atoms with Crippen LogP contribution >= 0.6 is 0 Å². The van der Waals surface area contributed by atoms with Gasteiger partial charge in [0, 0.05) is 11.8 Å². The molecule has 0 aromatic carbocycles. The second kappa shape index (κ2) is 4.52. The molecule has 0 atom stereocenters. The van der Waals surface area contributed by atoms with Crippen LogP contribution in [0.5, 0.6) is 5.75 Å². The van der Waals surface area contributed by atoms with Crippen LogP contribution in [0.1, 0.15) is 22.3 Å². The summed E-state index contributed by atoms with van der Waals surface area (Å²) in [5.41, 5.74) is -3.66. The lowest BCUT2D eigenvalue weighted by Crippen LogP contribution is -2.25. The van der Waals surface area contributed by atoms with Gasteiger partial charge < -0.3 is 9.72 Å². The van der Waals surface area contributed by atoms with Gasteiger partial charge in [0.05, 0.1) is 5.56 Å². The highest BCUT2D eigenvalue weighted by molar-refractivity contribution is 5.78. The summed E-state index contributed by atoms with van der Waals surface area (Å²) in [6.07, 6.45) is -8.28. The molecule has 0 aliphatic rings. The smallest absolute Gasteiger partial charge is 0.399 e. The molecule has 1 N–H and O–H groups in total. The van der Waals surface area contributed by atoms with E-state index in [-0.39, 0.29) is 6.29 Å². The molecular weight excluding hydrogens is 253 g/mol. The largest absolute Gasteiger partial charge is 0.573 e. The van der Waals surface area contributed by atoms with Gasteiger partial charge in [-0.25, -0.2) is 8.78 Å². The molecule has 17 heavy (non-hydrogen) atoms. The van der Waals surface area contributed by atoms with Gasteiger partial charge in [0.15, 0.2) is 6.29 Å². The van der Waals surface area contributed by atoms with Crippen LogP contribution < -0.4 is 10.3 Å². The van der Waals surface area contributed by atoms with E-state index in [1.165, 1.54) is 0 Å². The Hall–Kier alpha value is -1.93. The van der Waals surface area contributed by atoms with E-state index in [4.69, 9.17) is 0 Å². The molecule has 0 saturated carbocycles. The van der Waals surface area contributed by atoms with E-state index in [0.717, 1.165) is 0 Å². The number of ether oxygens (including phenoxy) is 1. The molecule has 0 aliphatic carbocycles. The van der Waals surface area contributed by atoms with E-state index in [1.807, 2.05) is 0 Å². The Bertz CT molecular complexity index is 479. The van der Waals surface area contributed by atoms with Crippen LogP contribution in [0.3, 0.4) is 0 Å². The second-order valence-electron chi connectivity index (χ2n) is 2.78. The lowest BCUT2D eigenvalue weighted by Gasteiger charge is -2.12. The lowest BCUT2D eigenvalue weighted by molar-refractivity contribution is -0.275. The van der Waals surface area contributed by atoms with E-state index in [1.54, 1.807) is 4.98 Å². The van der Waals surface area contributed by atoms with Crippen LogP contribution in [0.2, 0.25) is 0 Å². The van der Waals surface area contributed by atoms with Gasteiger partial charge in [0.2, 0.25) is 5.75 Å². The van der Waals surface area contributed by atoms with Gasteiger partial charge in [0.25, 0.3) is 12.0 Å². The number of rotatable bonds is 3. The first-order valence-corrected chi connectivity index (χ1v) is 4.01. The Morgan fingerprint density at radius 2 is 1.94 bits per heavy atom. The number of aldehydes is 1. The number of H-pyrrole nitrogens is 1. The highest BCUT2D eigenvalue weighted by Gasteiger charge is 2.35. The zero-order valence-electron chi connectivity index (χ0n) is 7.85. The number of carbonyl (C=O) groups excluding carboxylic acids is 1. The fourth-order valence-corrected chi connectivity index (χ4v) is 1.08. The summed E-state index contributed by atoms with van der Waals surface area (Å²) in [6.45, 7) is 0. The molecule has 0 bridgehead atoms. The third kappa shape index (κ3) is 3.02. The van der Waals surface area contributed by atoms with Crippen molar-refractivity contribution in [1.29, 1.82) is 0 Å². The number of hydrogen-bond acceptors (Lipinski definition) is 3. The quantitative estimate of drug-likeness (QED) is 0.665. The molecule has 0 saturated heterocycles. The molecule has 0 radical (unpaired) electrons. The monoisotopic (exact) mass is 257 g/mol. The molecule has 1 aromatic heterocycles. The predicted molar refractivity (Wildman–Crippen MR) is 44.1 cm³/mol. The molecule has 9 heteroatoms. The van der Waals surface area contributed by atoms with E-state index in [2.05, 4.69) is 4.74 Å². The molecular formula is C8H4F5NO3. The minimum Gasteiger partial charge on any atom is -0.399 e. The Balaban J connectivity index is 3.45. The summed E-state index contributed by atoms with van der Waals surface area (Å²) >= 11 is 0. The third-order valence-electron chi connectivity index (χ3n) is 1.68. The molecule has 0 amide bonds. The molecule has 0 fully saturated rings. The first-order chi connectivity index (χ1) is 7.76. The average Bonchev–Trinajstić information content (AvgIpc) is 2.18. The molecule has 1 aromatic rings. The van der Waals surface area contributed by atoms with Crippen molar-refractivity contribution in [3.63, 3.8) is 0 Å². The Labute approximate surface area is 90.0 Å². The maximum absolute atomic E-state index is 12.5. The number of aromatic amines is 1. The minimum absolute atomic E-state index is 0.110. The van der Waals surface area contributed by atoms with Gasteiger partial charge in [-0.2, -0.15) is 0 Å². The van der Waals surface area contributed by atoms with E-state index < -0.39 is 35.2 Å². The normalized spacial score (nSPS) is 11.6. The fourth-order valence-electron chi connectivity index (χ4n) is 1.08. The van der Waals surface area contributed by atoms with E-state index in [0.29, 0.717) is 6.20 Å². The van der Waals surface area contributed by atoms with Crippen LogP contribution in [-0.2, 0) is 0 Å². The summed E-state index contributed by atoms with van der Waals surface area (Å²) < 4.78 is 63.8. The highest BCUT2D eigenvalue weighted by atomic mass is 19.4. The number of pyridine rings is 1. The van der Waals surface area contributed by atoms with Crippen molar-refractivity contribution in [2.75, 3.05) is 0 Å². The Kier molecular flexibility index (Phi) is 3.49. The first kappa shape index (κ1) is 13.1. The van der Waals surface area contributed by atoms with Crippen molar-refractivity contribution in [2.45, 2.75) is 12.8 Å². The van der Waals surface area contributed by atoms with Crippen molar-refractivity contribution >= 4 is 6.29 Å². The maximum Gasteiger partial charge on any atom is 0.573 e. The summed E-state index contributed by atoms with van der Waals surface area (Å²) in [6, 6.07) is 0. The van der Waals surface area contributed by atoms with Crippen molar-refractivity contribution in [3.8, 4) is 5.75 Å². The fraction of sp³-hybridized carbons (Fsp3) is 0.250. The Morgan fingerprint density at radius 3 is 2.35 bits per heavy atom. The number of alkyl halides is 5. The van der Waals surface area contributed by atoms with Crippen LogP contribution in [0.25, 0.3) is 0 Å². The second-order valence-corrected chi connectivity index (χ2v) is 2.78. The van der Waals surface area contributed by atoms with Crippen molar-refractivity contribution in [3.05, 3.63) is 27.7 Å². The number of hydrogen-bond donors (Lipinski definition) is 1. The molecule has 0 spiro atoms. The molecule has 0 aliphatic heterocycles. The van der Waals surface area contributed by atoms with Crippen LogP contribution in [0.4, 0.5) is 22.0 Å². The van der Waals surface area contributed by atoms with Gasteiger partial charge in [-0.05, 0) is 0 Å². The van der Waals surface area contributed by atoms with E-state index >= 15 is 0 Å². The summed E-state index contributed by atoms with van der Waals surface area (Å²) in [5.74, 6) is -1.63. The van der Waals surface area contributed by atoms with Crippen LogP contribution in [0, 0.1) is 0 Å². The summed E-state index contributed by atoms with van der Waals surface area (Å²) in [4.78, 5) is 23.0. The van der Waals surface area contributed by atoms with Crippen molar-refractivity contribution < 1.29 is 31.5 Å². The minimum atomic E-state index is -5.31. The zero-order chi connectivity index (χ0) is 13.2. The molecule has 4 nitrogen and oxygen atoms in total. The van der Waals surface area contributed by atoms with Crippen LogP contribution in [-0.4, -0.2) is 17.6 Å². The number of aromatic nitrogens is 1. The summed E-state index contributed by atoms with van der Waals surface area (Å²) in [5, 5.41) is 0. The molecule has 94 valence electrons. The van der Waals surface area contributed by atoms with Gasteiger partial charge >= 0.3 is 6.36 Å². The SMILES string of the molecule is O=Cc1c[nH]c(=O)c(OC(F)(F)F)c1C(F)F. The predicted octanol–water partition coefficient (Wildman–Crippen LogP) is 2.02. The van der Waals surface area contributed by atoms with Gasteiger partial charge in [-0.3, -0.25) is 9.59 Å². The van der Waals surface area contributed by atoms with Gasteiger partial charge in [0.1, 0.15) is 0 Å². The maximum atomic E-state index is 12.5. The number of carbonyl (C=O) groups is 1. The lowest BCUT2D eigenvalue weighted by atomic mass is 10.1. The Morgan fingerprint density at radius 1 is 1.35 bits per heavy atom. The first-order valence-electron chi connectivity index (χ1n) is 4.01. The van der Waals surface area contributed by atoms with E-state index in [9.17, 15) is 31.5 Å². The number of nitrogens with one attached hydrogen (secondary N) is 1. The van der Waals surface area contributed by atoms with Gasteiger partial charge in [-0.1, -0.05) is 0 Å². The molecule has 1 rings (SSSR count). The number of halogens is 5. The summed E-state index contributed by atoms with van der Waals surface area (Å²) in [7, 11) is 0.